The van der Waals surface area contributed by atoms with E-state index in [9.17, 15) is 13.2 Å². The Morgan fingerprint density at radius 2 is 1.63 bits per heavy atom. The van der Waals surface area contributed by atoms with E-state index >= 15 is 0 Å². The van der Waals surface area contributed by atoms with E-state index in [1.54, 1.807) is 12.1 Å². The van der Waals surface area contributed by atoms with E-state index in [0.717, 1.165) is 11.6 Å². The Kier molecular flexibility index (Phi) is 5.36. The molecular formula is C18H15ClF3N5. The first-order valence-electron chi connectivity index (χ1n) is 7.86. The van der Waals surface area contributed by atoms with Crippen LogP contribution in [0.2, 0.25) is 5.02 Å². The SMILES string of the molecule is Nc1c(NCc2ccc(Cl)cc2)ncnc1Nc1ccccc1C(F)(F)F. The maximum absolute atomic E-state index is 13.1. The second-order valence-electron chi connectivity index (χ2n) is 5.63. The third-order valence-corrected chi connectivity index (χ3v) is 3.99. The Morgan fingerprint density at radius 1 is 0.963 bits per heavy atom. The number of benzene rings is 2. The highest BCUT2D eigenvalue weighted by molar-refractivity contribution is 6.30. The Labute approximate surface area is 158 Å². The molecule has 0 aliphatic carbocycles. The predicted molar refractivity (Wildman–Crippen MR) is 99.9 cm³/mol. The molecule has 2 aromatic carbocycles. The zero-order chi connectivity index (χ0) is 19.4. The van der Waals surface area contributed by atoms with Crippen LogP contribution in [0.4, 0.5) is 36.2 Å². The highest BCUT2D eigenvalue weighted by Crippen LogP contribution is 2.36. The molecule has 140 valence electrons. The van der Waals surface area contributed by atoms with Gasteiger partial charge in [0.05, 0.1) is 11.3 Å². The first-order valence-corrected chi connectivity index (χ1v) is 8.24. The minimum atomic E-state index is -4.50. The Morgan fingerprint density at radius 3 is 2.33 bits per heavy atom. The summed E-state index contributed by atoms with van der Waals surface area (Å²) in [5.41, 5.74) is 6.13. The lowest BCUT2D eigenvalue weighted by molar-refractivity contribution is -0.136. The third-order valence-electron chi connectivity index (χ3n) is 3.74. The topological polar surface area (TPSA) is 75.9 Å². The van der Waals surface area contributed by atoms with Gasteiger partial charge in [-0.3, -0.25) is 0 Å². The van der Waals surface area contributed by atoms with Gasteiger partial charge >= 0.3 is 6.18 Å². The monoisotopic (exact) mass is 393 g/mol. The molecule has 0 fully saturated rings. The normalized spacial score (nSPS) is 11.3. The van der Waals surface area contributed by atoms with Crippen LogP contribution in [0.25, 0.3) is 0 Å². The second-order valence-corrected chi connectivity index (χ2v) is 6.07. The molecule has 0 saturated heterocycles. The van der Waals surface area contributed by atoms with E-state index in [1.807, 2.05) is 12.1 Å². The number of hydrogen-bond acceptors (Lipinski definition) is 5. The summed E-state index contributed by atoms with van der Waals surface area (Å²) in [4.78, 5) is 8.00. The number of nitrogens with zero attached hydrogens (tertiary/aromatic N) is 2. The number of nitrogen functional groups attached to an aromatic ring is 1. The van der Waals surface area contributed by atoms with Gasteiger partial charge in [-0.1, -0.05) is 35.9 Å². The van der Waals surface area contributed by atoms with Gasteiger partial charge in [-0.15, -0.1) is 0 Å². The molecule has 0 aliphatic heterocycles. The molecule has 0 amide bonds. The quantitative estimate of drug-likeness (QED) is 0.563. The summed E-state index contributed by atoms with van der Waals surface area (Å²) >= 11 is 5.85. The fourth-order valence-corrected chi connectivity index (χ4v) is 2.52. The maximum Gasteiger partial charge on any atom is 0.418 e. The number of rotatable bonds is 5. The lowest BCUT2D eigenvalue weighted by Crippen LogP contribution is -2.11. The molecule has 0 unspecified atom stereocenters. The van der Waals surface area contributed by atoms with Crippen LogP contribution in [0.1, 0.15) is 11.1 Å². The van der Waals surface area contributed by atoms with Crippen LogP contribution in [-0.2, 0) is 12.7 Å². The van der Waals surface area contributed by atoms with Crippen LogP contribution < -0.4 is 16.4 Å². The molecule has 0 saturated carbocycles. The molecule has 0 bridgehead atoms. The minimum absolute atomic E-state index is 0.0836. The van der Waals surface area contributed by atoms with Gasteiger partial charge in [0.15, 0.2) is 11.6 Å². The highest BCUT2D eigenvalue weighted by Gasteiger charge is 2.33. The Balaban J connectivity index is 1.80. The first-order chi connectivity index (χ1) is 12.8. The standard InChI is InChI=1S/C18H15ClF3N5/c19-12-7-5-11(6-8-12)9-24-16-15(23)17(26-10-25-16)27-14-4-2-1-3-13(14)18(20,21)22/h1-8,10H,9,23H2,(H2,24,25,26,27). The van der Waals surface area contributed by atoms with E-state index in [0.29, 0.717) is 17.4 Å². The zero-order valence-electron chi connectivity index (χ0n) is 13.9. The van der Waals surface area contributed by atoms with Gasteiger partial charge in [0.2, 0.25) is 0 Å². The molecular weight excluding hydrogens is 379 g/mol. The van der Waals surface area contributed by atoms with Crippen molar-refractivity contribution in [2.24, 2.45) is 0 Å². The highest BCUT2D eigenvalue weighted by atomic mass is 35.5. The third kappa shape index (κ3) is 4.59. The smallest absolute Gasteiger partial charge is 0.393 e. The first kappa shape index (κ1) is 18.8. The number of nitrogens with one attached hydrogen (secondary N) is 2. The number of halogens is 4. The van der Waals surface area contributed by atoms with Gasteiger partial charge in [0.1, 0.15) is 12.0 Å². The lowest BCUT2D eigenvalue weighted by atomic mass is 10.1. The van der Waals surface area contributed by atoms with Crippen molar-refractivity contribution in [1.82, 2.24) is 9.97 Å². The van der Waals surface area contributed by atoms with Crippen molar-refractivity contribution < 1.29 is 13.2 Å². The van der Waals surface area contributed by atoms with Crippen molar-refractivity contribution in [2.45, 2.75) is 12.7 Å². The molecule has 1 aromatic heterocycles. The summed E-state index contributed by atoms with van der Waals surface area (Å²) in [5, 5.41) is 6.30. The molecule has 0 radical (unpaired) electrons. The van der Waals surface area contributed by atoms with Gasteiger partial charge in [0, 0.05) is 11.6 Å². The summed E-state index contributed by atoms with van der Waals surface area (Å²) in [6.45, 7) is 0.414. The second kappa shape index (κ2) is 7.71. The molecule has 27 heavy (non-hydrogen) atoms. The molecule has 9 heteroatoms. The fourth-order valence-electron chi connectivity index (χ4n) is 2.39. The summed E-state index contributed by atoms with van der Waals surface area (Å²) in [6, 6.07) is 12.3. The maximum atomic E-state index is 13.1. The molecule has 0 atom stereocenters. The predicted octanol–water partition coefficient (Wildman–Crippen LogP) is 5.09. The van der Waals surface area contributed by atoms with Crippen LogP contribution in [0, 0.1) is 0 Å². The largest absolute Gasteiger partial charge is 0.418 e. The molecule has 1 heterocycles. The van der Waals surface area contributed by atoms with Crippen molar-refractivity contribution >= 4 is 34.6 Å². The number of hydrogen-bond donors (Lipinski definition) is 3. The van der Waals surface area contributed by atoms with Crippen molar-refractivity contribution in [3.63, 3.8) is 0 Å². The lowest BCUT2D eigenvalue weighted by Gasteiger charge is -2.16. The number of para-hydroxylation sites is 1. The van der Waals surface area contributed by atoms with Crippen LogP contribution in [0.3, 0.4) is 0 Å². The fraction of sp³-hybridized carbons (Fsp3) is 0.111. The molecule has 0 aliphatic rings. The summed E-state index contributed by atoms with van der Waals surface area (Å²) < 4.78 is 39.4. The summed E-state index contributed by atoms with van der Waals surface area (Å²) in [5.74, 6) is 0.396. The van der Waals surface area contributed by atoms with Crippen molar-refractivity contribution in [2.75, 3.05) is 16.4 Å². The van der Waals surface area contributed by atoms with Crippen molar-refractivity contribution in [1.29, 1.82) is 0 Å². The molecule has 4 N–H and O–H groups in total. The Bertz CT molecular complexity index is 929. The van der Waals surface area contributed by atoms with E-state index in [2.05, 4.69) is 20.6 Å². The average molecular weight is 394 g/mol. The molecule has 5 nitrogen and oxygen atoms in total. The van der Waals surface area contributed by atoms with E-state index in [-0.39, 0.29) is 17.2 Å². The van der Waals surface area contributed by atoms with Crippen LogP contribution in [0.15, 0.2) is 54.9 Å². The van der Waals surface area contributed by atoms with Crippen LogP contribution in [0.5, 0.6) is 0 Å². The van der Waals surface area contributed by atoms with Crippen molar-refractivity contribution in [3.05, 3.63) is 71.0 Å². The van der Waals surface area contributed by atoms with E-state index in [1.165, 1.54) is 24.5 Å². The number of nitrogens with two attached hydrogens (primary N) is 1. The van der Waals surface area contributed by atoms with E-state index < -0.39 is 11.7 Å². The van der Waals surface area contributed by atoms with Gasteiger partial charge in [-0.2, -0.15) is 13.2 Å². The van der Waals surface area contributed by atoms with Gasteiger partial charge in [-0.05, 0) is 29.8 Å². The van der Waals surface area contributed by atoms with Gasteiger partial charge < -0.3 is 16.4 Å². The van der Waals surface area contributed by atoms with Crippen LogP contribution in [-0.4, -0.2) is 9.97 Å². The number of aromatic nitrogens is 2. The van der Waals surface area contributed by atoms with E-state index in [4.69, 9.17) is 17.3 Å². The van der Waals surface area contributed by atoms with Crippen molar-refractivity contribution in [3.8, 4) is 0 Å². The molecule has 3 aromatic rings. The molecule has 3 rings (SSSR count). The van der Waals surface area contributed by atoms with Gasteiger partial charge in [-0.25, -0.2) is 9.97 Å². The number of anilines is 4. The van der Waals surface area contributed by atoms with Crippen LogP contribution >= 0.6 is 11.6 Å². The Hall–Kier alpha value is -3.00. The van der Waals surface area contributed by atoms with Gasteiger partial charge in [0.25, 0.3) is 0 Å². The average Bonchev–Trinajstić information content (AvgIpc) is 2.63. The summed E-state index contributed by atoms with van der Waals surface area (Å²) in [6.07, 6.45) is -3.28. The zero-order valence-corrected chi connectivity index (χ0v) is 14.6. The number of alkyl halides is 3. The minimum Gasteiger partial charge on any atom is -0.393 e. The molecule has 0 spiro atoms. The summed E-state index contributed by atoms with van der Waals surface area (Å²) in [7, 11) is 0.